The van der Waals surface area contributed by atoms with Gasteiger partial charge in [-0.25, -0.2) is 0 Å². The monoisotopic (exact) mass is 247 g/mol. The molecule has 6 nitrogen and oxygen atoms in total. The number of carboxylic acid groups (broad SMARTS) is 1. The highest BCUT2D eigenvalue weighted by Crippen LogP contribution is 2.05. The van der Waals surface area contributed by atoms with Gasteiger partial charge in [0.2, 0.25) is 0 Å². The summed E-state index contributed by atoms with van der Waals surface area (Å²) in [4.78, 5) is 9.50. The predicted molar refractivity (Wildman–Crippen MR) is 57.5 cm³/mol. The molecule has 1 rings (SSSR count). The van der Waals surface area contributed by atoms with Crippen LogP contribution in [0.5, 0.6) is 0 Å². The van der Waals surface area contributed by atoms with Crippen LogP contribution in [0.3, 0.4) is 0 Å². The van der Waals surface area contributed by atoms with Gasteiger partial charge < -0.3 is 10.8 Å². The van der Waals surface area contributed by atoms with Gasteiger partial charge in [-0.3, -0.25) is 9.35 Å². The highest BCUT2D eigenvalue weighted by Gasteiger charge is 2.05. The average molecular weight is 247 g/mol. The van der Waals surface area contributed by atoms with E-state index in [2.05, 4.69) is 0 Å². The molecule has 0 bridgehead atoms. The van der Waals surface area contributed by atoms with Gasteiger partial charge in [-0.2, -0.15) is 8.42 Å². The molecule has 4 N–H and O–H groups in total. The van der Waals surface area contributed by atoms with Gasteiger partial charge in [0.05, 0.1) is 4.90 Å². The van der Waals surface area contributed by atoms with Crippen LogP contribution in [-0.2, 0) is 14.9 Å². The third-order valence-electron chi connectivity index (χ3n) is 1.43. The number of hydrogen-bond donors (Lipinski definition) is 3. The van der Waals surface area contributed by atoms with Crippen LogP contribution < -0.4 is 5.73 Å². The topological polar surface area (TPSA) is 118 Å². The number of aliphatic carboxylic acids is 1. The first-order chi connectivity index (χ1) is 7.25. The lowest BCUT2D eigenvalue weighted by molar-refractivity contribution is -0.138. The summed E-state index contributed by atoms with van der Waals surface area (Å²) < 4.78 is 29.2. The van der Waals surface area contributed by atoms with Crippen LogP contribution in [0.15, 0.2) is 35.2 Å². The van der Waals surface area contributed by atoms with E-state index in [-0.39, 0.29) is 4.90 Å². The van der Waals surface area contributed by atoms with Gasteiger partial charge in [-0.15, -0.1) is 0 Å². The number of benzene rings is 1. The number of carboxylic acids is 1. The van der Waals surface area contributed by atoms with Crippen LogP contribution in [0.4, 0.5) is 0 Å². The maximum absolute atomic E-state index is 10.4. The van der Waals surface area contributed by atoms with Crippen molar-refractivity contribution >= 4 is 16.1 Å². The van der Waals surface area contributed by atoms with E-state index in [1.54, 1.807) is 18.2 Å². The lowest BCUT2D eigenvalue weighted by Gasteiger charge is -1.92. The SMILES string of the molecule is C[C@H](N)C(=O)O.O=S(=O)(O)c1ccccc1. The van der Waals surface area contributed by atoms with Crippen LogP contribution in [0.2, 0.25) is 0 Å². The third kappa shape index (κ3) is 6.12. The van der Waals surface area contributed by atoms with Gasteiger partial charge in [0.25, 0.3) is 10.1 Å². The first-order valence-electron chi connectivity index (χ1n) is 4.26. The van der Waals surface area contributed by atoms with Crippen molar-refractivity contribution in [3.05, 3.63) is 30.3 Å². The Labute approximate surface area is 93.5 Å². The Morgan fingerprint density at radius 2 is 1.69 bits per heavy atom. The molecule has 1 aromatic carbocycles. The molecule has 0 aliphatic heterocycles. The molecular weight excluding hydrogens is 234 g/mol. The summed E-state index contributed by atoms with van der Waals surface area (Å²) >= 11 is 0. The quantitative estimate of drug-likeness (QED) is 0.649. The van der Waals surface area contributed by atoms with Crippen LogP contribution in [-0.4, -0.2) is 30.1 Å². The average Bonchev–Trinajstić information content (AvgIpc) is 2.18. The Morgan fingerprint density at radius 1 is 1.31 bits per heavy atom. The Balaban J connectivity index is 0.000000325. The summed E-state index contributed by atoms with van der Waals surface area (Å²) in [6, 6.07) is 6.69. The Bertz CT molecular complexity index is 426. The zero-order chi connectivity index (χ0) is 12.8. The van der Waals surface area contributed by atoms with Gasteiger partial charge in [-0.05, 0) is 19.1 Å². The molecule has 0 saturated carbocycles. The minimum absolute atomic E-state index is 0.0741. The Morgan fingerprint density at radius 3 is 1.88 bits per heavy atom. The number of rotatable bonds is 2. The molecule has 16 heavy (non-hydrogen) atoms. The fourth-order valence-corrected chi connectivity index (χ4v) is 1.09. The van der Waals surface area contributed by atoms with Crippen molar-refractivity contribution in [3.8, 4) is 0 Å². The second-order valence-electron chi connectivity index (χ2n) is 2.92. The van der Waals surface area contributed by atoms with Crippen LogP contribution in [0.25, 0.3) is 0 Å². The van der Waals surface area contributed by atoms with E-state index >= 15 is 0 Å². The highest BCUT2D eigenvalue weighted by molar-refractivity contribution is 7.85. The van der Waals surface area contributed by atoms with E-state index in [1.165, 1.54) is 19.1 Å². The van der Waals surface area contributed by atoms with E-state index < -0.39 is 22.1 Å². The molecule has 0 spiro atoms. The van der Waals surface area contributed by atoms with Crippen LogP contribution >= 0.6 is 0 Å². The van der Waals surface area contributed by atoms with E-state index in [0.29, 0.717) is 0 Å². The fraction of sp³-hybridized carbons (Fsp3) is 0.222. The van der Waals surface area contributed by atoms with Crippen LogP contribution in [0, 0.1) is 0 Å². The highest BCUT2D eigenvalue weighted by atomic mass is 32.2. The molecule has 0 radical (unpaired) electrons. The molecule has 0 unspecified atom stereocenters. The minimum atomic E-state index is -4.00. The van der Waals surface area contributed by atoms with Crippen molar-refractivity contribution in [1.82, 2.24) is 0 Å². The smallest absolute Gasteiger partial charge is 0.320 e. The van der Waals surface area contributed by atoms with Gasteiger partial charge >= 0.3 is 5.97 Å². The second-order valence-corrected chi connectivity index (χ2v) is 4.34. The summed E-state index contributed by atoms with van der Waals surface area (Å²) in [6.45, 7) is 1.42. The van der Waals surface area contributed by atoms with Crippen molar-refractivity contribution < 1.29 is 22.9 Å². The molecule has 1 aromatic rings. The van der Waals surface area contributed by atoms with E-state index in [4.69, 9.17) is 15.4 Å². The summed E-state index contributed by atoms with van der Waals surface area (Å²) in [5.74, 6) is -0.963. The van der Waals surface area contributed by atoms with Crippen molar-refractivity contribution in [2.75, 3.05) is 0 Å². The first kappa shape index (κ1) is 14.6. The van der Waals surface area contributed by atoms with E-state index in [0.717, 1.165) is 0 Å². The molecule has 0 amide bonds. The zero-order valence-electron chi connectivity index (χ0n) is 8.57. The third-order valence-corrected chi connectivity index (χ3v) is 2.30. The zero-order valence-corrected chi connectivity index (χ0v) is 9.39. The lowest BCUT2D eigenvalue weighted by atomic mass is 10.4. The maximum Gasteiger partial charge on any atom is 0.320 e. The fourth-order valence-electron chi connectivity index (χ4n) is 0.592. The molecule has 90 valence electrons. The van der Waals surface area contributed by atoms with Crippen LogP contribution in [0.1, 0.15) is 6.92 Å². The predicted octanol–water partition coefficient (Wildman–Crippen LogP) is 0.352. The van der Waals surface area contributed by atoms with Gasteiger partial charge in [0.15, 0.2) is 0 Å². The molecule has 7 heteroatoms. The number of nitrogens with two attached hydrogens (primary N) is 1. The molecule has 0 aliphatic rings. The van der Waals surface area contributed by atoms with Gasteiger partial charge in [0.1, 0.15) is 6.04 Å². The molecule has 0 fully saturated rings. The summed E-state index contributed by atoms with van der Waals surface area (Å²) in [6.07, 6.45) is 0. The van der Waals surface area contributed by atoms with Crippen molar-refractivity contribution in [2.45, 2.75) is 17.9 Å². The second kappa shape index (κ2) is 6.21. The molecular formula is C9H13NO5S. The maximum atomic E-state index is 10.4. The number of carbonyl (C=O) groups is 1. The normalized spacial score (nSPS) is 12.2. The van der Waals surface area contributed by atoms with E-state index in [9.17, 15) is 13.2 Å². The van der Waals surface area contributed by atoms with Crippen molar-refractivity contribution in [1.29, 1.82) is 0 Å². The molecule has 0 heterocycles. The van der Waals surface area contributed by atoms with E-state index in [1.807, 2.05) is 0 Å². The number of hydrogen-bond acceptors (Lipinski definition) is 4. The largest absolute Gasteiger partial charge is 0.480 e. The molecule has 0 aromatic heterocycles. The standard InChI is InChI=1S/C6H6O3S.C3H7NO2/c7-10(8,9)6-4-2-1-3-5-6;1-2(4)3(5)6/h1-5H,(H,7,8,9);2H,4H2,1H3,(H,5,6)/t;2-/m.0/s1. The summed E-state index contributed by atoms with van der Waals surface area (Å²) in [5.41, 5.74) is 4.84. The Kier molecular flexibility index (Phi) is 5.65. The molecule has 0 saturated heterocycles. The van der Waals surface area contributed by atoms with Crippen molar-refractivity contribution in [2.24, 2.45) is 5.73 Å². The molecule has 0 aliphatic carbocycles. The lowest BCUT2D eigenvalue weighted by Crippen LogP contribution is -2.25. The van der Waals surface area contributed by atoms with Crippen molar-refractivity contribution in [3.63, 3.8) is 0 Å². The van der Waals surface area contributed by atoms with Gasteiger partial charge in [-0.1, -0.05) is 18.2 Å². The minimum Gasteiger partial charge on any atom is -0.480 e. The Hall–Kier alpha value is -1.44. The van der Waals surface area contributed by atoms with Gasteiger partial charge in [0, 0.05) is 0 Å². The summed E-state index contributed by atoms with van der Waals surface area (Å²) in [5, 5.41) is 7.87. The molecule has 1 atom stereocenters. The first-order valence-corrected chi connectivity index (χ1v) is 5.70. The summed E-state index contributed by atoms with van der Waals surface area (Å²) in [7, 11) is -4.00.